The minimum absolute atomic E-state index is 0.122. The number of carbonyl (C=O) groups excluding carboxylic acids is 2. The van der Waals surface area contributed by atoms with Gasteiger partial charge in [0, 0.05) is 5.56 Å². The van der Waals surface area contributed by atoms with Crippen LogP contribution in [0.4, 0.5) is 0 Å². The molecule has 33 heavy (non-hydrogen) atoms. The van der Waals surface area contributed by atoms with E-state index < -0.39 is 11.9 Å². The van der Waals surface area contributed by atoms with Crippen LogP contribution in [0.25, 0.3) is 0 Å². The van der Waals surface area contributed by atoms with E-state index in [9.17, 15) is 9.59 Å². The highest BCUT2D eigenvalue weighted by Gasteiger charge is 2.24. The highest BCUT2D eigenvalue weighted by Crippen LogP contribution is 2.36. The molecule has 0 aliphatic heterocycles. The number of hydrogen-bond donors (Lipinski definition) is 2. The van der Waals surface area contributed by atoms with Gasteiger partial charge >= 0.3 is 0 Å². The van der Waals surface area contributed by atoms with E-state index in [2.05, 4.69) is 31.8 Å². The van der Waals surface area contributed by atoms with Crippen molar-refractivity contribution in [2.24, 2.45) is 11.0 Å². The summed E-state index contributed by atoms with van der Waals surface area (Å²) in [5.74, 6) is 0.412. The zero-order valence-electron chi connectivity index (χ0n) is 19.8. The quantitative estimate of drug-likeness (QED) is 0.329. The fourth-order valence-electron chi connectivity index (χ4n) is 2.97. The zero-order chi connectivity index (χ0) is 24.4. The van der Waals surface area contributed by atoms with Gasteiger partial charge in [0.1, 0.15) is 6.04 Å². The predicted molar refractivity (Wildman–Crippen MR) is 134 cm³/mol. The Labute approximate surface area is 204 Å². The maximum absolute atomic E-state index is 12.7. The predicted octanol–water partition coefficient (Wildman–Crippen LogP) is 4.85. The highest BCUT2D eigenvalue weighted by atomic mass is 79.9. The molecule has 2 amide bonds. The van der Waals surface area contributed by atoms with E-state index in [-0.39, 0.29) is 11.8 Å². The molecule has 2 N–H and O–H groups in total. The molecule has 1 unspecified atom stereocenters. The molecule has 0 saturated carbocycles. The lowest BCUT2D eigenvalue weighted by atomic mass is 10.0. The van der Waals surface area contributed by atoms with E-state index in [1.165, 1.54) is 6.21 Å². The fourth-order valence-corrected chi connectivity index (χ4v) is 3.55. The van der Waals surface area contributed by atoms with Gasteiger partial charge in [-0.05, 0) is 71.9 Å². The first-order valence-corrected chi connectivity index (χ1v) is 11.9. The molecule has 8 heteroatoms. The second-order valence-electron chi connectivity index (χ2n) is 7.91. The van der Waals surface area contributed by atoms with E-state index in [4.69, 9.17) is 9.47 Å². The first kappa shape index (κ1) is 26.4. The molecule has 0 fully saturated rings. The van der Waals surface area contributed by atoms with Crippen molar-refractivity contribution in [3.8, 4) is 11.5 Å². The number of ether oxygens (including phenoxy) is 2. The third kappa shape index (κ3) is 7.89. The first-order valence-electron chi connectivity index (χ1n) is 11.1. The second-order valence-corrected chi connectivity index (χ2v) is 8.76. The van der Waals surface area contributed by atoms with Crippen LogP contribution in [-0.2, 0) is 4.79 Å². The van der Waals surface area contributed by atoms with Gasteiger partial charge in [-0.15, -0.1) is 0 Å². The normalized spacial score (nSPS) is 12.0. The van der Waals surface area contributed by atoms with Crippen LogP contribution in [0, 0.1) is 12.8 Å². The van der Waals surface area contributed by atoms with Crippen LogP contribution in [0.3, 0.4) is 0 Å². The summed E-state index contributed by atoms with van der Waals surface area (Å²) < 4.78 is 12.2. The fraction of sp³-hybridized carbons (Fsp3) is 0.400. The van der Waals surface area contributed by atoms with Crippen LogP contribution in [0.1, 0.15) is 55.6 Å². The Bertz CT molecular complexity index is 974. The molecule has 0 aromatic heterocycles. The van der Waals surface area contributed by atoms with Crippen molar-refractivity contribution in [3.05, 3.63) is 57.6 Å². The molecule has 0 saturated heterocycles. The number of hydrogen-bond acceptors (Lipinski definition) is 5. The molecule has 0 radical (unpaired) electrons. The number of amides is 2. The van der Waals surface area contributed by atoms with Crippen molar-refractivity contribution < 1.29 is 19.1 Å². The van der Waals surface area contributed by atoms with Gasteiger partial charge in [0.15, 0.2) is 11.5 Å². The van der Waals surface area contributed by atoms with Gasteiger partial charge in [-0.1, -0.05) is 38.5 Å². The third-order valence-electron chi connectivity index (χ3n) is 4.72. The Balaban J connectivity index is 2.09. The second kappa shape index (κ2) is 13.0. The number of carbonyl (C=O) groups is 2. The third-order valence-corrected chi connectivity index (χ3v) is 5.31. The van der Waals surface area contributed by atoms with Gasteiger partial charge in [-0.3, -0.25) is 9.59 Å². The summed E-state index contributed by atoms with van der Waals surface area (Å²) in [6, 6.07) is 10.1. The number of rotatable bonds is 11. The van der Waals surface area contributed by atoms with Crippen LogP contribution in [0.5, 0.6) is 11.5 Å². The summed E-state index contributed by atoms with van der Waals surface area (Å²) in [6.07, 6.45) is 2.40. The molecule has 0 aliphatic rings. The molecule has 1 atom stereocenters. The molecule has 0 aliphatic carbocycles. The average molecular weight is 518 g/mol. The van der Waals surface area contributed by atoms with E-state index in [1.807, 2.05) is 52.8 Å². The minimum Gasteiger partial charge on any atom is -0.490 e. The Morgan fingerprint density at radius 3 is 2.42 bits per heavy atom. The van der Waals surface area contributed by atoms with Gasteiger partial charge in [0.05, 0.1) is 23.9 Å². The number of halogens is 1. The zero-order valence-corrected chi connectivity index (χ0v) is 21.4. The van der Waals surface area contributed by atoms with E-state index >= 15 is 0 Å². The summed E-state index contributed by atoms with van der Waals surface area (Å²) in [7, 11) is 0. The standard InChI is InChI=1S/C25H32BrN3O4/c1-6-12-33-23-20(26)13-18(14-21(23)32-7-2)15-27-29-25(31)22(16(3)4)28-24(30)19-10-8-17(5)9-11-19/h8-11,13-16,22H,6-7,12H2,1-5H3,(H,28,30)(H,29,31). The maximum Gasteiger partial charge on any atom is 0.262 e. The minimum atomic E-state index is -0.730. The smallest absolute Gasteiger partial charge is 0.262 e. The van der Waals surface area contributed by atoms with Crippen LogP contribution in [0.2, 0.25) is 0 Å². The molecule has 2 aromatic carbocycles. The Morgan fingerprint density at radius 1 is 1.12 bits per heavy atom. The summed E-state index contributed by atoms with van der Waals surface area (Å²) in [4.78, 5) is 25.3. The number of aryl methyl sites for hydroxylation is 1. The van der Waals surface area contributed by atoms with E-state index in [0.29, 0.717) is 30.3 Å². The molecule has 2 rings (SSSR count). The lowest BCUT2D eigenvalue weighted by Crippen LogP contribution is -2.48. The van der Waals surface area contributed by atoms with Crippen LogP contribution in [0.15, 0.2) is 46.0 Å². The topological polar surface area (TPSA) is 89.0 Å². The Kier molecular flexibility index (Phi) is 10.4. The highest BCUT2D eigenvalue weighted by molar-refractivity contribution is 9.10. The lowest BCUT2D eigenvalue weighted by Gasteiger charge is -2.20. The van der Waals surface area contributed by atoms with Crippen LogP contribution < -0.4 is 20.2 Å². The number of hydrazone groups is 1. The van der Waals surface area contributed by atoms with Crippen LogP contribution >= 0.6 is 15.9 Å². The summed E-state index contributed by atoms with van der Waals surface area (Å²) in [5.41, 5.74) is 4.81. The summed E-state index contributed by atoms with van der Waals surface area (Å²) >= 11 is 3.51. The van der Waals surface area contributed by atoms with Gasteiger partial charge in [0.2, 0.25) is 0 Å². The molecular formula is C25H32BrN3O4. The van der Waals surface area contributed by atoms with Gasteiger partial charge in [-0.2, -0.15) is 5.10 Å². The van der Waals surface area contributed by atoms with Gasteiger partial charge < -0.3 is 14.8 Å². The largest absolute Gasteiger partial charge is 0.490 e. The lowest BCUT2D eigenvalue weighted by molar-refractivity contribution is -0.123. The van der Waals surface area contributed by atoms with Crippen LogP contribution in [-0.4, -0.2) is 37.3 Å². The SMILES string of the molecule is CCCOc1c(Br)cc(C=NNC(=O)C(NC(=O)c2ccc(C)cc2)C(C)C)cc1OCC. The van der Waals surface area contributed by atoms with E-state index in [1.54, 1.807) is 18.2 Å². The number of nitrogens with zero attached hydrogens (tertiary/aromatic N) is 1. The molecule has 7 nitrogen and oxygen atoms in total. The van der Waals surface area contributed by atoms with Crippen molar-refractivity contribution in [2.45, 2.75) is 47.1 Å². The molecule has 0 bridgehead atoms. The van der Waals surface area contributed by atoms with Crippen molar-refractivity contribution in [1.29, 1.82) is 0 Å². The average Bonchev–Trinajstić information content (AvgIpc) is 2.77. The van der Waals surface area contributed by atoms with E-state index in [0.717, 1.165) is 22.0 Å². The van der Waals surface area contributed by atoms with Crippen molar-refractivity contribution in [2.75, 3.05) is 13.2 Å². The van der Waals surface area contributed by atoms with Crippen molar-refractivity contribution in [3.63, 3.8) is 0 Å². The number of benzene rings is 2. The van der Waals surface area contributed by atoms with Crippen molar-refractivity contribution >= 4 is 34.0 Å². The Hall–Kier alpha value is -2.87. The van der Waals surface area contributed by atoms with Crippen molar-refractivity contribution in [1.82, 2.24) is 10.7 Å². The van der Waals surface area contributed by atoms with Gasteiger partial charge in [0.25, 0.3) is 11.8 Å². The Morgan fingerprint density at radius 2 is 1.82 bits per heavy atom. The summed E-state index contributed by atoms with van der Waals surface area (Å²) in [5, 5.41) is 6.87. The maximum atomic E-state index is 12.7. The molecule has 2 aromatic rings. The summed E-state index contributed by atoms with van der Waals surface area (Å²) in [6.45, 7) is 10.7. The van der Waals surface area contributed by atoms with Gasteiger partial charge in [-0.25, -0.2) is 5.43 Å². The molecule has 178 valence electrons. The first-order chi connectivity index (χ1) is 15.8. The molecular weight excluding hydrogens is 486 g/mol. The monoisotopic (exact) mass is 517 g/mol. The number of nitrogens with one attached hydrogen (secondary N) is 2. The molecule has 0 spiro atoms. The molecule has 0 heterocycles.